The topological polar surface area (TPSA) is 77.7 Å². The van der Waals surface area contributed by atoms with Crippen molar-refractivity contribution in [1.29, 1.82) is 0 Å². The van der Waals surface area contributed by atoms with Gasteiger partial charge in [-0.3, -0.25) is 4.79 Å². The molecule has 2 heterocycles. The van der Waals surface area contributed by atoms with Crippen LogP contribution in [0, 0.1) is 0 Å². The molecule has 2 rings (SSSR count). The summed E-state index contributed by atoms with van der Waals surface area (Å²) >= 11 is 0. The number of ether oxygens (including phenoxy) is 2. The number of amides is 1. The molecule has 0 unspecified atom stereocenters. The van der Waals surface area contributed by atoms with Gasteiger partial charge in [0.1, 0.15) is 6.61 Å². The largest absolute Gasteiger partial charge is 0.382 e. The molecular formula is C13H21N3O4. The summed E-state index contributed by atoms with van der Waals surface area (Å²) in [6.07, 6.45) is 1.76. The van der Waals surface area contributed by atoms with E-state index in [1.807, 2.05) is 4.90 Å². The molecule has 1 aromatic heterocycles. The average molecular weight is 283 g/mol. The SMILES string of the molecule is COCCOCc1nc(C2CCN(C(C)=O)CC2)no1. The predicted molar refractivity (Wildman–Crippen MR) is 70.1 cm³/mol. The number of methoxy groups -OCH3 is 1. The monoisotopic (exact) mass is 283 g/mol. The smallest absolute Gasteiger partial charge is 0.252 e. The number of hydrogen-bond acceptors (Lipinski definition) is 6. The lowest BCUT2D eigenvalue weighted by atomic mass is 9.96. The predicted octanol–water partition coefficient (Wildman–Crippen LogP) is 0.958. The van der Waals surface area contributed by atoms with E-state index in [1.165, 1.54) is 0 Å². The van der Waals surface area contributed by atoms with Crippen molar-refractivity contribution in [2.45, 2.75) is 32.3 Å². The van der Waals surface area contributed by atoms with Crippen LogP contribution in [0.25, 0.3) is 0 Å². The Kier molecular flexibility index (Phi) is 5.49. The summed E-state index contributed by atoms with van der Waals surface area (Å²) in [7, 11) is 1.63. The van der Waals surface area contributed by atoms with Gasteiger partial charge in [-0.2, -0.15) is 4.98 Å². The third-order valence-electron chi connectivity index (χ3n) is 3.45. The van der Waals surface area contributed by atoms with Gasteiger partial charge in [-0.05, 0) is 12.8 Å². The van der Waals surface area contributed by atoms with Gasteiger partial charge in [-0.1, -0.05) is 5.16 Å². The maximum atomic E-state index is 11.3. The van der Waals surface area contributed by atoms with Crippen molar-refractivity contribution in [2.75, 3.05) is 33.4 Å². The number of carbonyl (C=O) groups is 1. The Morgan fingerprint density at radius 1 is 1.40 bits per heavy atom. The molecule has 0 radical (unpaired) electrons. The van der Waals surface area contributed by atoms with E-state index < -0.39 is 0 Å². The molecule has 112 valence electrons. The van der Waals surface area contributed by atoms with Crippen molar-refractivity contribution in [3.8, 4) is 0 Å². The van der Waals surface area contributed by atoms with E-state index >= 15 is 0 Å². The van der Waals surface area contributed by atoms with Crippen LogP contribution >= 0.6 is 0 Å². The standard InChI is InChI=1S/C13H21N3O4/c1-10(17)16-5-3-11(4-6-16)13-14-12(20-15-13)9-19-8-7-18-2/h11H,3-9H2,1-2H3. The van der Waals surface area contributed by atoms with E-state index in [0.29, 0.717) is 25.7 Å². The number of aromatic nitrogens is 2. The summed E-state index contributed by atoms with van der Waals surface area (Å²) in [5.74, 6) is 1.61. The van der Waals surface area contributed by atoms with Gasteiger partial charge in [-0.15, -0.1) is 0 Å². The first kappa shape index (κ1) is 14.9. The van der Waals surface area contributed by atoms with E-state index in [0.717, 1.165) is 31.8 Å². The fraction of sp³-hybridized carbons (Fsp3) is 0.769. The molecule has 0 spiro atoms. The highest BCUT2D eigenvalue weighted by molar-refractivity contribution is 5.73. The lowest BCUT2D eigenvalue weighted by Crippen LogP contribution is -2.36. The molecule has 1 saturated heterocycles. The zero-order valence-corrected chi connectivity index (χ0v) is 12.0. The van der Waals surface area contributed by atoms with Crippen LogP contribution in [0.4, 0.5) is 0 Å². The van der Waals surface area contributed by atoms with Gasteiger partial charge >= 0.3 is 0 Å². The molecule has 0 N–H and O–H groups in total. The molecule has 1 aliphatic rings. The van der Waals surface area contributed by atoms with Gasteiger partial charge in [-0.25, -0.2) is 0 Å². The zero-order chi connectivity index (χ0) is 14.4. The highest BCUT2D eigenvalue weighted by Crippen LogP contribution is 2.25. The lowest BCUT2D eigenvalue weighted by Gasteiger charge is -2.29. The molecule has 7 nitrogen and oxygen atoms in total. The molecule has 0 atom stereocenters. The summed E-state index contributed by atoms with van der Waals surface area (Å²) in [4.78, 5) is 17.5. The Hall–Kier alpha value is -1.47. The van der Waals surface area contributed by atoms with Gasteiger partial charge in [0, 0.05) is 33.0 Å². The van der Waals surface area contributed by atoms with Crippen LogP contribution in [0.15, 0.2) is 4.52 Å². The molecule has 1 aliphatic heterocycles. The van der Waals surface area contributed by atoms with Crippen molar-refractivity contribution in [2.24, 2.45) is 0 Å². The third-order valence-corrected chi connectivity index (χ3v) is 3.45. The lowest BCUT2D eigenvalue weighted by molar-refractivity contribution is -0.129. The third kappa shape index (κ3) is 4.01. The van der Waals surface area contributed by atoms with E-state index in [2.05, 4.69) is 10.1 Å². The van der Waals surface area contributed by atoms with Crippen molar-refractivity contribution >= 4 is 5.91 Å². The first-order valence-electron chi connectivity index (χ1n) is 6.85. The molecule has 0 saturated carbocycles. The van der Waals surface area contributed by atoms with Gasteiger partial charge in [0.15, 0.2) is 5.82 Å². The molecule has 1 aromatic rings. The van der Waals surface area contributed by atoms with Crippen LogP contribution in [-0.2, 0) is 20.9 Å². The van der Waals surface area contributed by atoms with Gasteiger partial charge in [0.25, 0.3) is 5.89 Å². The fourth-order valence-electron chi connectivity index (χ4n) is 2.25. The number of carbonyl (C=O) groups excluding carboxylic acids is 1. The molecule has 0 aliphatic carbocycles. The van der Waals surface area contributed by atoms with E-state index in [1.54, 1.807) is 14.0 Å². The number of likely N-dealkylation sites (tertiary alicyclic amines) is 1. The van der Waals surface area contributed by atoms with Crippen LogP contribution in [0.3, 0.4) is 0 Å². The first-order chi connectivity index (χ1) is 9.70. The summed E-state index contributed by atoms with van der Waals surface area (Å²) in [6.45, 7) is 4.48. The van der Waals surface area contributed by atoms with E-state index in [9.17, 15) is 4.79 Å². The van der Waals surface area contributed by atoms with Gasteiger partial charge < -0.3 is 18.9 Å². The van der Waals surface area contributed by atoms with Crippen LogP contribution in [0.2, 0.25) is 0 Å². The first-order valence-corrected chi connectivity index (χ1v) is 6.85. The summed E-state index contributed by atoms with van der Waals surface area (Å²) < 4.78 is 15.4. The molecule has 1 amide bonds. The molecule has 0 bridgehead atoms. The van der Waals surface area contributed by atoms with Crippen molar-refractivity contribution in [1.82, 2.24) is 15.0 Å². The highest BCUT2D eigenvalue weighted by Gasteiger charge is 2.25. The second-order valence-corrected chi connectivity index (χ2v) is 4.87. The Labute approximate surface area is 118 Å². The number of rotatable bonds is 6. The second kappa shape index (κ2) is 7.35. The van der Waals surface area contributed by atoms with E-state index in [-0.39, 0.29) is 11.8 Å². The van der Waals surface area contributed by atoms with Crippen molar-refractivity contribution < 1.29 is 18.8 Å². The Morgan fingerprint density at radius 2 is 2.15 bits per heavy atom. The highest BCUT2D eigenvalue weighted by atomic mass is 16.5. The zero-order valence-electron chi connectivity index (χ0n) is 12.0. The van der Waals surface area contributed by atoms with Crippen LogP contribution < -0.4 is 0 Å². The number of hydrogen-bond donors (Lipinski definition) is 0. The Bertz CT molecular complexity index is 427. The number of nitrogens with zero attached hydrogens (tertiary/aromatic N) is 3. The summed E-state index contributed by atoms with van der Waals surface area (Å²) in [5.41, 5.74) is 0. The molecular weight excluding hydrogens is 262 g/mol. The number of piperidine rings is 1. The van der Waals surface area contributed by atoms with Gasteiger partial charge in [0.2, 0.25) is 5.91 Å². The van der Waals surface area contributed by atoms with Crippen LogP contribution in [0.1, 0.15) is 37.4 Å². The van der Waals surface area contributed by atoms with Crippen LogP contribution in [-0.4, -0.2) is 54.4 Å². The van der Waals surface area contributed by atoms with Crippen molar-refractivity contribution in [3.63, 3.8) is 0 Å². The van der Waals surface area contributed by atoms with E-state index in [4.69, 9.17) is 14.0 Å². The minimum Gasteiger partial charge on any atom is -0.382 e. The molecule has 0 aromatic carbocycles. The Balaban J connectivity index is 1.79. The fourth-order valence-corrected chi connectivity index (χ4v) is 2.25. The minimum atomic E-state index is 0.129. The van der Waals surface area contributed by atoms with Crippen LogP contribution in [0.5, 0.6) is 0 Å². The minimum absolute atomic E-state index is 0.129. The average Bonchev–Trinajstić information content (AvgIpc) is 2.92. The normalized spacial score (nSPS) is 16.6. The van der Waals surface area contributed by atoms with Crippen molar-refractivity contribution in [3.05, 3.63) is 11.7 Å². The summed E-state index contributed by atoms with van der Waals surface area (Å²) in [6, 6.07) is 0. The molecule has 1 fully saturated rings. The van der Waals surface area contributed by atoms with Gasteiger partial charge in [0.05, 0.1) is 13.2 Å². The quantitative estimate of drug-likeness (QED) is 0.724. The summed E-state index contributed by atoms with van der Waals surface area (Å²) in [5, 5.41) is 4.01. The Morgan fingerprint density at radius 3 is 2.80 bits per heavy atom. The maximum absolute atomic E-state index is 11.3. The second-order valence-electron chi connectivity index (χ2n) is 4.87. The molecule has 20 heavy (non-hydrogen) atoms. The molecule has 7 heteroatoms. The maximum Gasteiger partial charge on any atom is 0.252 e.